The zero-order valence-electron chi connectivity index (χ0n) is 17.0. The lowest BCUT2D eigenvalue weighted by Gasteiger charge is -2.16. The summed E-state index contributed by atoms with van der Waals surface area (Å²) in [7, 11) is 1.73. The van der Waals surface area contributed by atoms with Gasteiger partial charge in [-0.2, -0.15) is 5.10 Å². The molecule has 0 bridgehead atoms. The van der Waals surface area contributed by atoms with Crippen molar-refractivity contribution in [3.63, 3.8) is 0 Å². The predicted molar refractivity (Wildman–Crippen MR) is 123 cm³/mol. The summed E-state index contributed by atoms with van der Waals surface area (Å²) in [5.74, 6) is 0.381. The Morgan fingerprint density at radius 3 is 2.79 bits per heavy atom. The van der Waals surface area contributed by atoms with E-state index in [1.165, 1.54) is 11.3 Å². The third kappa shape index (κ3) is 7.04. The quantitative estimate of drug-likeness (QED) is 0.183. The molecule has 0 fully saturated rings. The average Bonchev–Trinajstić information content (AvgIpc) is 3.23. The van der Waals surface area contributed by atoms with Gasteiger partial charge in [-0.15, -0.1) is 35.3 Å². The molecule has 0 aliphatic carbocycles. The van der Waals surface area contributed by atoms with E-state index in [1.807, 2.05) is 37.8 Å². The summed E-state index contributed by atoms with van der Waals surface area (Å²) in [6.07, 6.45) is 4.82. The third-order valence-electron chi connectivity index (χ3n) is 3.84. The Hall–Kier alpha value is -1.69. The molecule has 10 heteroatoms. The molecule has 0 amide bonds. The normalized spacial score (nSPS) is 12.2. The van der Waals surface area contributed by atoms with E-state index in [1.54, 1.807) is 14.0 Å². The number of nitrogens with zero attached hydrogens (tertiary/aromatic N) is 4. The van der Waals surface area contributed by atoms with Gasteiger partial charge in [0.05, 0.1) is 24.5 Å². The second kappa shape index (κ2) is 12.0. The van der Waals surface area contributed by atoms with Crippen molar-refractivity contribution in [1.29, 1.82) is 0 Å². The van der Waals surface area contributed by atoms with Crippen LogP contribution in [0.1, 0.15) is 52.2 Å². The zero-order chi connectivity index (χ0) is 19.8. The van der Waals surface area contributed by atoms with Crippen molar-refractivity contribution < 1.29 is 9.53 Å². The molecule has 28 heavy (non-hydrogen) atoms. The van der Waals surface area contributed by atoms with Crippen molar-refractivity contribution in [1.82, 2.24) is 25.4 Å². The van der Waals surface area contributed by atoms with E-state index in [9.17, 15) is 4.79 Å². The van der Waals surface area contributed by atoms with Crippen LogP contribution in [0.5, 0.6) is 0 Å². The number of thiazole rings is 1. The van der Waals surface area contributed by atoms with Gasteiger partial charge in [0.2, 0.25) is 0 Å². The smallest absolute Gasteiger partial charge is 0.350 e. The highest BCUT2D eigenvalue weighted by molar-refractivity contribution is 14.0. The van der Waals surface area contributed by atoms with Crippen LogP contribution in [0.3, 0.4) is 0 Å². The topological polar surface area (TPSA) is 93.4 Å². The molecule has 2 aromatic heterocycles. The fourth-order valence-electron chi connectivity index (χ4n) is 2.49. The monoisotopic (exact) mass is 520 g/mol. The van der Waals surface area contributed by atoms with Crippen LogP contribution in [-0.2, 0) is 11.3 Å². The van der Waals surface area contributed by atoms with Crippen molar-refractivity contribution in [3.8, 4) is 0 Å². The maximum atomic E-state index is 12.0. The van der Waals surface area contributed by atoms with Crippen LogP contribution in [0.2, 0.25) is 0 Å². The highest BCUT2D eigenvalue weighted by Crippen LogP contribution is 2.24. The van der Waals surface area contributed by atoms with E-state index in [4.69, 9.17) is 4.74 Å². The Labute approximate surface area is 187 Å². The number of rotatable bonds is 8. The molecule has 0 radical (unpaired) electrons. The van der Waals surface area contributed by atoms with Gasteiger partial charge in [0, 0.05) is 26.3 Å². The standard InChI is InChI=1S/C18H28N6O2S.HI/c1-6-26-17(25)15-13(3)22-16(27-15)14(4)23-18(19-5)20-8-7-9-24-11-12(2)10-21-24;/h10-11,14H,6-9H2,1-5H3,(H2,19,20,23);1H. The first-order chi connectivity index (χ1) is 12.9. The van der Waals surface area contributed by atoms with Crippen LogP contribution in [0.25, 0.3) is 0 Å². The van der Waals surface area contributed by atoms with E-state index < -0.39 is 0 Å². The number of aliphatic imine (C=N–C) groups is 1. The van der Waals surface area contributed by atoms with E-state index in [0.717, 1.165) is 30.1 Å². The molecule has 0 aliphatic heterocycles. The van der Waals surface area contributed by atoms with Crippen molar-refractivity contribution in [2.45, 2.75) is 46.7 Å². The van der Waals surface area contributed by atoms with Crippen LogP contribution in [0.15, 0.2) is 17.4 Å². The van der Waals surface area contributed by atoms with Crippen molar-refractivity contribution in [2.24, 2.45) is 4.99 Å². The highest BCUT2D eigenvalue weighted by Gasteiger charge is 2.20. The lowest BCUT2D eigenvalue weighted by atomic mass is 10.3. The number of hydrogen-bond acceptors (Lipinski definition) is 6. The number of aryl methyl sites for hydroxylation is 3. The molecule has 0 spiro atoms. The first kappa shape index (κ1) is 24.3. The number of ether oxygens (including phenoxy) is 1. The molecule has 2 rings (SSSR count). The number of nitrogens with one attached hydrogen (secondary N) is 2. The summed E-state index contributed by atoms with van der Waals surface area (Å²) in [5, 5.41) is 11.7. The molecule has 2 heterocycles. The van der Waals surface area contributed by atoms with Gasteiger partial charge in [-0.3, -0.25) is 9.67 Å². The van der Waals surface area contributed by atoms with Crippen LogP contribution < -0.4 is 10.6 Å². The molecule has 0 saturated heterocycles. The SMILES string of the molecule is CCOC(=O)c1sc(C(C)NC(=NC)NCCCn2cc(C)cn2)nc1C.I. The lowest BCUT2D eigenvalue weighted by molar-refractivity contribution is 0.0531. The van der Waals surface area contributed by atoms with Crippen LogP contribution >= 0.6 is 35.3 Å². The summed E-state index contributed by atoms with van der Waals surface area (Å²) >= 11 is 1.35. The number of hydrogen-bond donors (Lipinski definition) is 2. The van der Waals surface area contributed by atoms with Gasteiger partial charge in [0.25, 0.3) is 0 Å². The number of halogens is 1. The fourth-order valence-corrected chi connectivity index (χ4v) is 3.45. The molecule has 8 nitrogen and oxygen atoms in total. The van der Waals surface area contributed by atoms with E-state index >= 15 is 0 Å². The van der Waals surface area contributed by atoms with Gasteiger partial charge in [0.1, 0.15) is 9.88 Å². The second-order valence-electron chi connectivity index (χ2n) is 6.19. The molecule has 1 unspecified atom stereocenters. The maximum absolute atomic E-state index is 12.0. The summed E-state index contributed by atoms with van der Waals surface area (Å²) in [4.78, 5) is 21.3. The van der Waals surface area contributed by atoms with Crippen LogP contribution in [0, 0.1) is 13.8 Å². The van der Waals surface area contributed by atoms with Gasteiger partial charge in [0.15, 0.2) is 5.96 Å². The molecule has 2 aromatic rings. The fraction of sp³-hybridized carbons (Fsp3) is 0.556. The summed E-state index contributed by atoms with van der Waals surface area (Å²) < 4.78 is 7.01. The zero-order valence-corrected chi connectivity index (χ0v) is 20.1. The second-order valence-corrected chi connectivity index (χ2v) is 7.22. The van der Waals surface area contributed by atoms with E-state index in [2.05, 4.69) is 25.7 Å². The van der Waals surface area contributed by atoms with Gasteiger partial charge in [-0.25, -0.2) is 9.78 Å². The Bertz CT molecular complexity index is 789. The molecule has 2 N–H and O–H groups in total. The average molecular weight is 520 g/mol. The van der Waals surface area contributed by atoms with E-state index in [-0.39, 0.29) is 36.0 Å². The summed E-state index contributed by atoms with van der Waals surface area (Å²) in [5.41, 5.74) is 1.86. The first-order valence-corrected chi connectivity index (χ1v) is 9.87. The Morgan fingerprint density at radius 1 is 1.43 bits per heavy atom. The largest absolute Gasteiger partial charge is 0.462 e. The summed E-state index contributed by atoms with van der Waals surface area (Å²) in [6.45, 7) is 9.62. The minimum atomic E-state index is -0.317. The summed E-state index contributed by atoms with van der Waals surface area (Å²) in [6, 6.07) is -0.0724. The molecule has 0 saturated carbocycles. The predicted octanol–water partition coefficient (Wildman–Crippen LogP) is 3.07. The Kier molecular flexibility index (Phi) is 10.4. The number of aromatic nitrogens is 3. The minimum absolute atomic E-state index is 0. The van der Waals surface area contributed by atoms with Gasteiger partial charge < -0.3 is 15.4 Å². The number of esters is 1. The highest BCUT2D eigenvalue weighted by atomic mass is 127. The number of guanidine groups is 1. The molecule has 0 aromatic carbocycles. The van der Waals surface area contributed by atoms with Crippen molar-refractivity contribution >= 4 is 47.2 Å². The maximum Gasteiger partial charge on any atom is 0.350 e. The molecular weight excluding hydrogens is 491 g/mol. The van der Waals surface area contributed by atoms with Gasteiger partial charge in [-0.1, -0.05) is 0 Å². The van der Waals surface area contributed by atoms with Gasteiger partial charge >= 0.3 is 5.97 Å². The number of carbonyl (C=O) groups excluding carboxylic acids is 1. The number of carbonyl (C=O) groups is 1. The molecule has 1 atom stereocenters. The van der Waals surface area contributed by atoms with Gasteiger partial charge in [-0.05, 0) is 39.7 Å². The Balaban J connectivity index is 0.00000392. The lowest BCUT2D eigenvalue weighted by Crippen LogP contribution is -2.39. The van der Waals surface area contributed by atoms with Crippen LogP contribution in [0.4, 0.5) is 0 Å². The van der Waals surface area contributed by atoms with Crippen molar-refractivity contribution in [3.05, 3.63) is 33.5 Å². The Morgan fingerprint density at radius 2 is 2.18 bits per heavy atom. The molecule has 0 aliphatic rings. The van der Waals surface area contributed by atoms with Crippen molar-refractivity contribution in [2.75, 3.05) is 20.2 Å². The minimum Gasteiger partial charge on any atom is -0.462 e. The molecular formula is C18H29IN6O2S. The third-order valence-corrected chi connectivity index (χ3v) is 5.16. The van der Waals surface area contributed by atoms with Crippen LogP contribution in [-0.4, -0.2) is 46.9 Å². The van der Waals surface area contributed by atoms with E-state index in [0.29, 0.717) is 23.1 Å². The first-order valence-electron chi connectivity index (χ1n) is 9.05. The molecule has 156 valence electrons.